The van der Waals surface area contributed by atoms with Crippen molar-refractivity contribution in [3.05, 3.63) is 28.3 Å². The molecule has 1 aliphatic heterocycles. The summed E-state index contributed by atoms with van der Waals surface area (Å²) in [6.45, 7) is 8.58. The third-order valence-electron chi connectivity index (χ3n) is 3.04. The fourth-order valence-electron chi connectivity index (χ4n) is 2.00. The van der Waals surface area contributed by atoms with Gasteiger partial charge in [0, 0.05) is 44.5 Å². The molecule has 0 fully saturated rings. The van der Waals surface area contributed by atoms with Crippen molar-refractivity contribution in [2.45, 2.75) is 26.8 Å². The monoisotopic (exact) mass is 237 g/mol. The standard InChI is InChI=1S/C12H19N3S/c1-10(2)3-5-14-6-4-11-9-13-12(16)15(11)8-7-14/h3,9H,4-8H2,1-2H3,(H,13,16). The normalized spacial score (nSPS) is 16.6. The second kappa shape index (κ2) is 4.97. The van der Waals surface area contributed by atoms with Gasteiger partial charge in [0.2, 0.25) is 0 Å². The van der Waals surface area contributed by atoms with Gasteiger partial charge in [-0.2, -0.15) is 0 Å². The van der Waals surface area contributed by atoms with Gasteiger partial charge in [-0.05, 0) is 26.1 Å². The maximum Gasteiger partial charge on any atom is 0.177 e. The topological polar surface area (TPSA) is 24.0 Å². The van der Waals surface area contributed by atoms with E-state index in [2.05, 4.69) is 34.4 Å². The van der Waals surface area contributed by atoms with Crippen LogP contribution in [0, 0.1) is 4.77 Å². The summed E-state index contributed by atoms with van der Waals surface area (Å²) < 4.78 is 3.08. The summed E-state index contributed by atoms with van der Waals surface area (Å²) >= 11 is 5.25. The first-order chi connectivity index (χ1) is 7.66. The fraction of sp³-hybridized carbons (Fsp3) is 0.583. The molecule has 0 saturated heterocycles. The highest BCUT2D eigenvalue weighted by molar-refractivity contribution is 7.71. The summed E-state index contributed by atoms with van der Waals surface area (Å²) in [5.41, 5.74) is 2.73. The molecule has 0 aromatic carbocycles. The van der Waals surface area contributed by atoms with Crippen LogP contribution in [0.1, 0.15) is 19.5 Å². The molecule has 16 heavy (non-hydrogen) atoms. The van der Waals surface area contributed by atoms with Gasteiger partial charge in [-0.25, -0.2) is 0 Å². The van der Waals surface area contributed by atoms with Gasteiger partial charge in [0.25, 0.3) is 0 Å². The quantitative estimate of drug-likeness (QED) is 0.631. The lowest BCUT2D eigenvalue weighted by Gasteiger charge is -2.17. The highest BCUT2D eigenvalue weighted by atomic mass is 32.1. The fourth-order valence-corrected chi connectivity index (χ4v) is 2.27. The molecule has 0 unspecified atom stereocenters. The Labute approximate surface area is 102 Å². The largest absolute Gasteiger partial charge is 0.337 e. The minimum atomic E-state index is 0.860. The first-order valence-corrected chi connectivity index (χ1v) is 6.20. The van der Waals surface area contributed by atoms with E-state index in [0.717, 1.165) is 37.4 Å². The number of allylic oxidation sites excluding steroid dienone is 1. The molecule has 1 aromatic heterocycles. The number of nitrogens with one attached hydrogen (secondary N) is 1. The minimum Gasteiger partial charge on any atom is -0.337 e. The third-order valence-corrected chi connectivity index (χ3v) is 3.37. The molecule has 0 radical (unpaired) electrons. The molecule has 4 heteroatoms. The van der Waals surface area contributed by atoms with Crippen LogP contribution in [0.15, 0.2) is 17.8 Å². The summed E-state index contributed by atoms with van der Waals surface area (Å²) in [4.78, 5) is 5.60. The molecule has 0 atom stereocenters. The second-order valence-corrected chi connectivity index (χ2v) is 4.96. The van der Waals surface area contributed by atoms with Crippen LogP contribution in [0.3, 0.4) is 0 Å². The Kier molecular flexibility index (Phi) is 3.61. The van der Waals surface area contributed by atoms with Gasteiger partial charge in [-0.1, -0.05) is 11.6 Å². The van der Waals surface area contributed by atoms with E-state index >= 15 is 0 Å². The SMILES string of the molecule is CC(C)=CCN1CCc2c[nH]c(=S)n2CC1. The van der Waals surface area contributed by atoms with Gasteiger partial charge < -0.3 is 9.55 Å². The van der Waals surface area contributed by atoms with E-state index in [0.29, 0.717) is 0 Å². The molecule has 0 saturated carbocycles. The molecule has 0 bridgehead atoms. The molecule has 1 aromatic rings. The van der Waals surface area contributed by atoms with Crippen molar-refractivity contribution in [2.75, 3.05) is 19.6 Å². The summed E-state index contributed by atoms with van der Waals surface area (Å²) in [6, 6.07) is 0. The van der Waals surface area contributed by atoms with E-state index in [-0.39, 0.29) is 0 Å². The van der Waals surface area contributed by atoms with Crippen LogP contribution in [-0.2, 0) is 13.0 Å². The van der Waals surface area contributed by atoms with Crippen molar-refractivity contribution < 1.29 is 0 Å². The average Bonchev–Trinajstić information content (AvgIpc) is 2.48. The predicted molar refractivity (Wildman–Crippen MR) is 69.2 cm³/mol. The van der Waals surface area contributed by atoms with E-state index in [1.807, 2.05) is 6.20 Å². The Hall–Kier alpha value is -0.870. The van der Waals surface area contributed by atoms with Crippen LogP contribution in [0.2, 0.25) is 0 Å². The van der Waals surface area contributed by atoms with E-state index in [1.165, 1.54) is 11.3 Å². The van der Waals surface area contributed by atoms with E-state index < -0.39 is 0 Å². The van der Waals surface area contributed by atoms with Gasteiger partial charge >= 0.3 is 0 Å². The molecule has 2 rings (SSSR count). The molecule has 0 spiro atoms. The van der Waals surface area contributed by atoms with E-state index in [9.17, 15) is 0 Å². The zero-order valence-corrected chi connectivity index (χ0v) is 10.8. The number of imidazole rings is 1. The molecule has 2 heterocycles. The number of H-pyrrole nitrogens is 1. The zero-order chi connectivity index (χ0) is 11.5. The van der Waals surface area contributed by atoms with Crippen LogP contribution in [-0.4, -0.2) is 34.1 Å². The first-order valence-electron chi connectivity index (χ1n) is 5.79. The van der Waals surface area contributed by atoms with Crippen LogP contribution >= 0.6 is 12.2 Å². The van der Waals surface area contributed by atoms with Gasteiger partial charge in [0.15, 0.2) is 4.77 Å². The number of fused-ring (bicyclic) bond motifs is 1. The van der Waals surface area contributed by atoms with Crippen molar-refractivity contribution in [2.24, 2.45) is 0 Å². The van der Waals surface area contributed by atoms with Gasteiger partial charge in [0.1, 0.15) is 0 Å². The number of hydrogen-bond donors (Lipinski definition) is 1. The average molecular weight is 237 g/mol. The van der Waals surface area contributed by atoms with Crippen molar-refractivity contribution >= 4 is 12.2 Å². The molecule has 0 amide bonds. The molecular formula is C12H19N3S. The van der Waals surface area contributed by atoms with E-state index in [1.54, 1.807) is 0 Å². The summed E-state index contributed by atoms with van der Waals surface area (Å²) in [6.07, 6.45) is 5.43. The minimum absolute atomic E-state index is 0.860. The third kappa shape index (κ3) is 2.62. The summed E-state index contributed by atoms with van der Waals surface area (Å²) in [5.74, 6) is 0. The number of aromatic nitrogens is 2. The van der Waals surface area contributed by atoms with Crippen LogP contribution in [0.25, 0.3) is 0 Å². The zero-order valence-electron chi connectivity index (χ0n) is 9.99. The first kappa shape index (κ1) is 11.6. The number of aromatic amines is 1. The molecular weight excluding hydrogens is 218 g/mol. The van der Waals surface area contributed by atoms with Gasteiger partial charge in [-0.15, -0.1) is 0 Å². The maximum absolute atomic E-state index is 5.25. The van der Waals surface area contributed by atoms with Crippen molar-refractivity contribution in [1.29, 1.82) is 0 Å². The highest BCUT2D eigenvalue weighted by Gasteiger charge is 2.13. The number of rotatable bonds is 2. The maximum atomic E-state index is 5.25. The Morgan fingerprint density at radius 2 is 2.25 bits per heavy atom. The van der Waals surface area contributed by atoms with Crippen molar-refractivity contribution in [3.8, 4) is 0 Å². The van der Waals surface area contributed by atoms with Crippen LogP contribution < -0.4 is 0 Å². The molecule has 3 nitrogen and oxygen atoms in total. The summed E-state index contributed by atoms with van der Waals surface area (Å²) in [5, 5.41) is 0. The lowest BCUT2D eigenvalue weighted by molar-refractivity contribution is 0.308. The lowest BCUT2D eigenvalue weighted by Crippen LogP contribution is -2.27. The van der Waals surface area contributed by atoms with Gasteiger partial charge in [0.05, 0.1) is 0 Å². The van der Waals surface area contributed by atoms with Crippen molar-refractivity contribution in [1.82, 2.24) is 14.5 Å². The molecule has 0 aliphatic carbocycles. The smallest absolute Gasteiger partial charge is 0.177 e. The predicted octanol–water partition coefficient (Wildman–Crippen LogP) is 2.37. The Balaban J connectivity index is 2.02. The lowest BCUT2D eigenvalue weighted by atomic mass is 10.3. The molecule has 1 aliphatic rings. The number of hydrogen-bond acceptors (Lipinski definition) is 2. The number of nitrogens with zero attached hydrogens (tertiary/aromatic N) is 2. The van der Waals surface area contributed by atoms with E-state index in [4.69, 9.17) is 12.2 Å². The Morgan fingerprint density at radius 1 is 1.44 bits per heavy atom. The summed E-state index contributed by atoms with van der Waals surface area (Å²) in [7, 11) is 0. The second-order valence-electron chi connectivity index (χ2n) is 4.57. The molecule has 88 valence electrons. The Bertz CT molecular complexity index is 437. The molecule has 1 N–H and O–H groups in total. The van der Waals surface area contributed by atoms with Gasteiger partial charge in [-0.3, -0.25) is 4.90 Å². The highest BCUT2D eigenvalue weighted by Crippen LogP contribution is 2.09. The van der Waals surface area contributed by atoms with Crippen LogP contribution in [0.4, 0.5) is 0 Å². The Morgan fingerprint density at radius 3 is 3.00 bits per heavy atom. The van der Waals surface area contributed by atoms with Crippen LogP contribution in [0.5, 0.6) is 0 Å². The van der Waals surface area contributed by atoms with Crippen molar-refractivity contribution in [3.63, 3.8) is 0 Å².